The Balaban J connectivity index is 1.67. The van der Waals surface area contributed by atoms with Crippen LogP contribution in [0.3, 0.4) is 0 Å². The van der Waals surface area contributed by atoms with Crippen LogP contribution in [0.1, 0.15) is 17.5 Å². The Morgan fingerprint density at radius 2 is 2.00 bits per heavy atom. The van der Waals surface area contributed by atoms with Crippen molar-refractivity contribution in [3.05, 3.63) is 29.3 Å². The van der Waals surface area contributed by atoms with E-state index in [2.05, 4.69) is 44.2 Å². The highest BCUT2D eigenvalue weighted by molar-refractivity contribution is 5.74. The molecule has 5 nitrogen and oxygen atoms in total. The number of hydrogen-bond acceptors (Lipinski definition) is 3. The molecule has 1 aliphatic rings. The molecule has 1 fully saturated rings. The third-order valence-electron chi connectivity index (χ3n) is 4.04. The predicted octanol–water partition coefficient (Wildman–Crippen LogP) is 2.28. The number of nitrogens with one attached hydrogen (secondary N) is 1. The summed E-state index contributed by atoms with van der Waals surface area (Å²) in [6.45, 7) is 7.87. The summed E-state index contributed by atoms with van der Waals surface area (Å²) in [5.41, 5.74) is 2.38. The molecule has 23 heavy (non-hydrogen) atoms. The molecule has 1 N–H and O–H groups in total. The van der Waals surface area contributed by atoms with E-state index in [-0.39, 0.29) is 6.03 Å². The topological polar surface area (TPSA) is 44.8 Å². The smallest absolute Gasteiger partial charge is 0.317 e. The fourth-order valence-electron chi connectivity index (χ4n) is 3.14. The zero-order valence-corrected chi connectivity index (χ0v) is 14.8. The number of nitrogens with zero attached hydrogens (tertiary/aromatic N) is 2. The number of hydrogen-bond donors (Lipinski definition) is 1. The van der Waals surface area contributed by atoms with Crippen LogP contribution in [0.2, 0.25) is 0 Å². The van der Waals surface area contributed by atoms with Gasteiger partial charge in [0.15, 0.2) is 0 Å². The quantitative estimate of drug-likeness (QED) is 0.818. The minimum absolute atomic E-state index is 0.0234. The zero-order valence-electron chi connectivity index (χ0n) is 14.8. The molecule has 2 amide bonds. The Bertz CT molecular complexity index is 511. The van der Waals surface area contributed by atoms with Gasteiger partial charge in [-0.2, -0.15) is 0 Å². The SMILES string of the molecule is Cc1cc(C)cc(OCCNC(=O)N2CCC(CN(C)C)C2)c1. The molecule has 1 atom stereocenters. The van der Waals surface area contributed by atoms with Gasteiger partial charge < -0.3 is 19.9 Å². The molecule has 1 aliphatic heterocycles. The van der Waals surface area contributed by atoms with E-state index in [0.29, 0.717) is 19.1 Å². The summed E-state index contributed by atoms with van der Waals surface area (Å²) in [4.78, 5) is 16.2. The summed E-state index contributed by atoms with van der Waals surface area (Å²) in [6.07, 6.45) is 1.09. The van der Waals surface area contributed by atoms with Crippen LogP contribution in [0, 0.1) is 19.8 Å². The van der Waals surface area contributed by atoms with E-state index in [4.69, 9.17) is 4.74 Å². The molecular weight excluding hydrogens is 290 g/mol. The fourth-order valence-corrected chi connectivity index (χ4v) is 3.14. The minimum Gasteiger partial charge on any atom is -0.492 e. The molecule has 1 aromatic rings. The van der Waals surface area contributed by atoms with Gasteiger partial charge in [0, 0.05) is 19.6 Å². The van der Waals surface area contributed by atoms with Crippen molar-refractivity contribution in [2.45, 2.75) is 20.3 Å². The summed E-state index contributed by atoms with van der Waals surface area (Å²) in [5.74, 6) is 1.45. The second kappa shape index (κ2) is 8.20. The van der Waals surface area contributed by atoms with E-state index in [1.165, 1.54) is 11.1 Å². The second-order valence-electron chi connectivity index (χ2n) is 6.77. The van der Waals surface area contributed by atoms with E-state index in [1.807, 2.05) is 17.0 Å². The van der Waals surface area contributed by atoms with E-state index in [0.717, 1.165) is 31.8 Å². The minimum atomic E-state index is 0.0234. The zero-order chi connectivity index (χ0) is 16.8. The van der Waals surface area contributed by atoms with Gasteiger partial charge in [0.05, 0.1) is 6.54 Å². The van der Waals surface area contributed by atoms with Crippen LogP contribution < -0.4 is 10.1 Å². The van der Waals surface area contributed by atoms with Gasteiger partial charge in [0.1, 0.15) is 12.4 Å². The number of amides is 2. The Hall–Kier alpha value is -1.75. The third-order valence-corrected chi connectivity index (χ3v) is 4.04. The van der Waals surface area contributed by atoms with Crippen molar-refractivity contribution >= 4 is 6.03 Å². The maximum atomic E-state index is 12.1. The highest BCUT2D eigenvalue weighted by atomic mass is 16.5. The molecule has 0 saturated carbocycles. The molecule has 0 radical (unpaired) electrons. The molecule has 1 saturated heterocycles. The molecule has 1 aromatic carbocycles. The van der Waals surface area contributed by atoms with Crippen molar-refractivity contribution in [3.63, 3.8) is 0 Å². The number of benzene rings is 1. The van der Waals surface area contributed by atoms with E-state index in [1.54, 1.807) is 0 Å². The average Bonchev–Trinajstić information content (AvgIpc) is 2.90. The Morgan fingerprint density at radius 1 is 1.30 bits per heavy atom. The molecule has 2 rings (SSSR count). The number of carbonyl (C=O) groups excluding carboxylic acids is 1. The second-order valence-corrected chi connectivity index (χ2v) is 6.77. The molecule has 128 valence electrons. The van der Waals surface area contributed by atoms with Gasteiger partial charge >= 0.3 is 6.03 Å². The first kappa shape index (κ1) is 17.6. The Labute approximate surface area is 139 Å². The lowest BCUT2D eigenvalue weighted by atomic mass is 10.1. The molecule has 5 heteroatoms. The Kier molecular flexibility index (Phi) is 6.28. The van der Waals surface area contributed by atoms with Crippen molar-refractivity contribution in [3.8, 4) is 5.75 Å². The number of likely N-dealkylation sites (tertiary alicyclic amines) is 1. The number of carbonyl (C=O) groups is 1. The van der Waals surface area contributed by atoms with Crippen LogP contribution in [-0.2, 0) is 0 Å². The van der Waals surface area contributed by atoms with Gasteiger partial charge in [-0.15, -0.1) is 0 Å². The summed E-state index contributed by atoms with van der Waals surface area (Å²) < 4.78 is 5.71. The normalized spacial score (nSPS) is 17.6. The lowest BCUT2D eigenvalue weighted by Gasteiger charge is -2.19. The maximum absolute atomic E-state index is 12.1. The van der Waals surface area contributed by atoms with Crippen LogP contribution in [0.15, 0.2) is 18.2 Å². The van der Waals surface area contributed by atoms with Gasteiger partial charge in [0.25, 0.3) is 0 Å². The first-order valence-corrected chi connectivity index (χ1v) is 8.32. The van der Waals surface area contributed by atoms with Gasteiger partial charge in [-0.3, -0.25) is 0 Å². The monoisotopic (exact) mass is 319 g/mol. The summed E-state index contributed by atoms with van der Waals surface area (Å²) in [7, 11) is 4.15. The molecule has 0 aromatic heterocycles. The van der Waals surface area contributed by atoms with E-state index < -0.39 is 0 Å². The molecule has 0 bridgehead atoms. The number of rotatable bonds is 6. The predicted molar refractivity (Wildman–Crippen MR) is 93.0 cm³/mol. The lowest BCUT2D eigenvalue weighted by molar-refractivity contribution is 0.202. The van der Waals surface area contributed by atoms with Crippen LogP contribution >= 0.6 is 0 Å². The van der Waals surface area contributed by atoms with Crippen molar-refractivity contribution < 1.29 is 9.53 Å². The molecule has 1 unspecified atom stereocenters. The molecule has 0 spiro atoms. The highest BCUT2D eigenvalue weighted by Crippen LogP contribution is 2.17. The largest absolute Gasteiger partial charge is 0.492 e. The lowest BCUT2D eigenvalue weighted by Crippen LogP contribution is -2.40. The van der Waals surface area contributed by atoms with Crippen LogP contribution in [-0.4, -0.2) is 62.7 Å². The average molecular weight is 319 g/mol. The fraction of sp³-hybridized carbons (Fsp3) is 0.611. The number of ether oxygens (including phenoxy) is 1. The van der Waals surface area contributed by atoms with Crippen molar-refractivity contribution in [1.29, 1.82) is 0 Å². The first-order valence-electron chi connectivity index (χ1n) is 8.32. The van der Waals surface area contributed by atoms with Gasteiger partial charge in [-0.05, 0) is 63.5 Å². The maximum Gasteiger partial charge on any atom is 0.317 e. The summed E-state index contributed by atoms with van der Waals surface area (Å²) in [6, 6.07) is 6.17. The standard InChI is InChI=1S/C18H29N3O2/c1-14-9-15(2)11-17(10-14)23-8-6-19-18(22)21-7-5-16(13-21)12-20(3)4/h9-11,16H,5-8,12-13H2,1-4H3,(H,19,22). The molecular formula is C18H29N3O2. The van der Waals surface area contributed by atoms with Crippen LogP contribution in [0.5, 0.6) is 5.75 Å². The number of urea groups is 1. The molecule has 0 aliphatic carbocycles. The first-order chi connectivity index (χ1) is 10.9. The van der Waals surface area contributed by atoms with Gasteiger partial charge in [-0.1, -0.05) is 6.07 Å². The van der Waals surface area contributed by atoms with E-state index >= 15 is 0 Å². The summed E-state index contributed by atoms with van der Waals surface area (Å²) >= 11 is 0. The Morgan fingerprint density at radius 3 is 2.65 bits per heavy atom. The third kappa shape index (κ3) is 5.75. The molecule has 1 heterocycles. The van der Waals surface area contributed by atoms with Crippen molar-refractivity contribution in [1.82, 2.24) is 15.1 Å². The highest BCUT2D eigenvalue weighted by Gasteiger charge is 2.26. The number of aryl methyl sites for hydroxylation is 2. The van der Waals surface area contributed by atoms with Crippen LogP contribution in [0.25, 0.3) is 0 Å². The van der Waals surface area contributed by atoms with E-state index in [9.17, 15) is 4.79 Å². The van der Waals surface area contributed by atoms with Gasteiger partial charge in [0.2, 0.25) is 0 Å². The summed E-state index contributed by atoms with van der Waals surface area (Å²) in [5, 5.41) is 2.95. The van der Waals surface area contributed by atoms with Gasteiger partial charge in [-0.25, -0.2) is 4.79 Å². The van der Waals surface area contributed by atoms with Crippen molar-refractivity contribution in [2.24, 2.45) is 5.92 Å². The van der Waals surface area contributed by atoms with Crippen LogP contribution in [0.4, 0.5) is 4.79 Å². The van der Waals surface area contributed by atoms with Crippen molar-refractivity contribution in [2.75, 3.05) is 46.9 Å².